The lowest BCUT2D eigenvalue weighted by Gasteiger charge is -2.03. The quantitative estimate of drug-likeness (QED) is 0.724. The minimum Gasteiger partial charge on any atom is -0.382 e. The van der Waals surface area contributed by atoms with Gasteiger partial charge < -0.3 is 10.5 Å². The minimum absolute atomic E-state index is 0.00298. The SMILES string of the molecule is Nc1cc(-c2nn3c(C4CCCO4)nnc3s2)[nH]n1. The summed E-state index contributed by atoms with van der Waals surface area (Å²) >= 11 is 1.44. The van der Waals surface area contributed by atoms with Crippen LogP contribution in [0.2, 0.25) is 0 Å². The third kappa shape index (κ3) is 1.70. The maximum absolute atomic E-state index is 5.63. The van der Waals surface area contributed by atoms with Crippen molar-refractivity contribution in [3.8, 4) is 10.7 Å². The zero-order valence-electron chi connectivity index (χ0n) is 9.91. The third-order valence-electron chi connectivity index (χ3n) is 3.06. The Hall–Kier alpha value is -2.00. The Bertz CT molecular complexity index is 723. The molecular weight excluding hydrogens is 266 g/mol. The van der Waals surface area contributed by atoms with Gasteiger partial charge in [0.2, 0.25) is 4.96 Å². The van der Waals surface area contributed by atoms with E-state index in [1.165, 1.54) is 11.3 Å². The fraction of sp³-hybridized carbons (Fsp3) is 0.400. The summed E-state index contributed by atoms with van der Waals surface area (Å²) < 4.78 is 7.37. The van der Waals surface area contributed by atoms with Crippen LogP contribution in [0.1, 0.15) is 24.8 Å². The molecule has 19 heavy (non-hydrogen) atoms. The van der Waals surface area contributed by atoms with Crippen molar-refractivity contribution in [3.63, 3.8) is 0 Å². The van der Waals surface area contributed by atoms with Crippen LogP contribution in [0.25, 0.3) is 15.7 Å². The summed E-state index contributed by atoms with van der Waals surface area (Å²) in [6.07, 6.45) is 2.01. The van der Waals surface area contributed by atoms with Gasteiger partial charge in [0, 0.05) is 12.7 Å². The maximum Gasteiger partial charge on any atom is 0.235 e. The number of fused-ring (bicyclic) bond motifs is 1. The molecule has 0 radical (unpaired) electrons. The first kappa shape index (κ1) is 10.9. The van der Waals surface area contributed by atoms with E-state index in [1.807, 2.05) is 0 Å². The van der Waals surface area contributed by atoms with Crippen LogP contribution in [0.4, 0.5) is 5.82 Å². The molecule has 8 nitrogen and oxygen atoms in total. The Morgan fingerprint density at radius 3 is 3.16 bits per heavy atom. The number of H-pyrrole nitrogens is 1. The molecular formula is C10H11N7OS. The van der Waals surface area contributed by atoms with E-state index >= 15 is 0 Å². The van der Waals surface area contributed by atoms with Crippen molar-refractivity contribution < 1.29 is 4.74 Å². The number of nitrogens with two attached hydrogens (primary N) is 1. The van der Waals surface area contributed by atoms with Crippen LogP contribution in [0.5, 0.6) is 0 Å². The van der Waals surface area contributed by atoms with Gasteiger partial charge in [-0.1, -0.05) is 11.3 Å². The highest BCUT2D eigenvalue weighted by molar-refractivity contribution is 7.19. The van der Waals surface area contributed by atoms with Crippen LogP contribution < -0.4 is 5.73 Å². The fourth-order valence-corrected chi connectivity index (χ4v) is 2.98. The first-order chi connectivity index (χ1) is 9.31. The number of aromatic nitrogens is 6. The molecule has 3 aromatic rings. The van der Waals surface area contributed by atoms with Crippen LogP contribution in [-0.4, -0.2) is 36.6 Å². The molecule has 1 aliphatic rings. The van der Waals surface area contributed by atoms with Gasteiger partial charge in [-0.25, -0.2) is 0 Å². The normalized spacial score (nSPS) is 19.5. The summed E-state index contributed by atoms with van der Waals surface area (Å²) in [4.78, 5) is 0.744. The highest BCUT2D eigenvalue weighted by Gasteiger charge is 2.25. The van der Waals surface area contributed by atoms with Gasteiger partial charge in [-0.15, -0.1) is 10.2 Å². The molecule has 1 aliphatic heterocycles. The maximum atomic E-state index is 5.63. The van der Waals surface area contributed by atoms with E-state index < -0.39 is 0 Å². The molecule has 0 aliphatic carbocycles. The monoisotopic (exact) mass is 277 g/mol. The largest absolute Gasteiger partial charge is 0.382 e. The Morgan fingerprint density at radius 1 is 1.47 bits per heavy atom. The second-order valence-electron chi connectivity index (χ2n) is 4.37. The van der Waals surface area contributed by atoms with Gasteiger partial charge in [0.25, 0.3) is 0 Å². The van der Waals surface area contributed by atoms with E-state index in [2.05, 4.69) is 25.5 Å². The third-order valence-corrected chi connectivity index (χ3v) is 3.99. The number of hydrogen-bond donors (Lipinski definition) is 2. The molecule has 0 bridgehead atoms. The smallest absolute Gasteiger partial charge is 0.235 e. The van der Waals surface area contributed by atoms with E-state index in [1.54, 1.807) is 10.6 Å². The number of anilines is 1. The van der Waals surface area contributed by atoms with E-state index in [9.17, 15) is 0 Å². The molecule has 3 aromatic heterocycles. The molecule has 0 spiro atoms. The predicted octanol–water partition coefficient (Wildman–Crippen LogP) is 1.01. The lowest BCUT2D eigenvalue weighted by atomic mass is 10.2. The van der Waals surface area contributed by atoms with Gasteiger partial charge in [0.05, 0.1) is 5.69 Å². The van der Waals surface area contributed by atoms with E-state index in [0.717, 1.165) is 40.9 Å². The number of nitrogens with zero attached hydrogens (tertiary/aromatic N) is 5. The van der Waals surface area contributed by atoms with Gasteiger partial charge in [-0.05, 0) is 12.8 Å². The molecule has 3 N–H and O–H groups in total. The number of nitrogen functional groups attached to an aromatic ring is 1. The lowest BCUT2D eigenvalue weighted by Crippen LogP contribution is -2.03. The molecule has 1 saturated heterocycles. The second kappa shape index (κ2) is 4.00. The molecule has 0 amide bonds. The van der Waals surface area contributed by atoms with Gasteiger partial charge in [-0.2, -0.15) is 14.7 Å². The minimum atomic E-state index is -0.00298. The lowest BCUT2D eigenvalue weighted by molar-refractivity contribution is 0.103. The zero-order chi connectivity index (χ0) is 12.8. The van der Waals surface area contributed by atoms with Crippen molar-refractivity contribution >= 4 is 22.1 Å². The number of aromatic amines is 1. The molecule has 1 atom stereocenters. The number of rotatable bonds is 2. The van der Waals surface area contributed by atoms with Crippen LogP contribution in [0.15, 0.2) is 6.07 Å². The molecule has 1 unspecified atom stereocenters. The highest BCUT2D eigenvalue weighted by Crippen LogP contribution is 2.30. The highest BCUT2D eigenvalue weighted by atomic mass is 32.1. The first-order valence-corrected chi connectivity index (χ1v) is 6.78. The van der Waals surface area contributed by atoms with Crippen LogP contribution in [0.3, 0.4) is 0 Å². The summed E-state index contributed by atoms with van der Waals surface area (Å²) in [5.74, 6) is 1.21. The second-order valence-corrected chi connectivity index (χ2v) is 5.32. The van der Waals surface area contributed by atoms with E-state index in [4.69, 9.17) is 10.5 Å². The van der Waals surface area contributed by atoms with Crippen molar-refractivity contribution in [2.75, 3.05) is 12.3 Å². The number of ether oxygens (including phenoxy) is 1. The van der Waals surface area contributed by atoms with Crippen molar-refractivity contribution in [1.82, 2.24) is 30.0 Å². The summed E-state index contributed by atoms with van der Waals surface area (Å²) in [6, 6.07) is 1.75. The summed E-state index contributed by atoms with van der Waals surface area (Å²) in [5.41, 5.74) is 6.38. The fourth-order valence-electron chi connectivity index (χ4n) is 2.17. The average Bonchev–Trinajstić information content (AvgIpc) is 3.11. The molecule has 9 heteroatoms. The molecule has 0 saturated carbocycles. The Balaban J connectivity index is 1.79. The van der Waals surface area contributed by atoms with Crippen molar-refractivity contribution in [1.29, 1.82) is 0 Å². The van der Waals surface area contributed by atoms with Crippen LogP contribution >= 0.6 is 11.3 Å². The summed E-state index contributed by atoms with van der Waals surface area (Å²) in [6.45, 7) is 0.771. The van der Waals surface area contributed by atoms with Crippen molar-refractivity contribution in [2.24, 2.45) is 0 Å². The summed E-state index contributed by atoms with van der Waals surface area (Å²) in [7, 11) is 0. The molecule has 4 rings (SSSR count). The standard InChI is InChI=1S/C10H11N7OS/c11-7-4-5(12-13-7)9-16-17-8(6-2-1-3-18-6)14-15-10(17)19-9/h4,6H,1-3H2,(H3,11,12,13). The Morgan fingerprint density at radius 2 is 2.42 bits per heavy atom. The number of hydrogen-bond acceptors (Lipinski definition) is 7. The number of nitrogens with one attached hydrogen (secondary N) is 1. The average molecular weight is 277 g/mol. The van der Waals surface area contributed by atoms with Crippen LogP contribution in [0, 0.1) is 0 Å². The van der Waals surface area contributed by atoms with Crippen molar-refractivity contribution in [3.05, 3.63) is 11.9 Å². The van der Waals surface area contributed by atoms with Gasteiger partial charge in [0.1, 0.15) is 11.9 Å². The van der Waals surface area contributed by atoms with Crippen LogP contribution in [-0.2, 0) is 4.74 Å². The van der Waals surface area contributed by atoms with Gasteiger partial charge >= 0.3 is 0 Å². The molecule has 98 valence electrons. The summed E-state index contributed by atoms with van der Waals surface area (Å²) in [5, 5.41) is 20.3. The molecule has 1 fully saturated rings. The topological polar surface area (TPSA) is 107 Å². The van der Waals surface area contributed by atoms with Gasteiger partial charge in [-0.3, -0.25) is 5.10 Å². The molecule has 0 aromatic carbocycles. The Labute approximate surface area is 111 Å². The Kier molecular flexibility index (Phi) is 2.29. The zero-order valence-corrected chi connectivity index (χ0v) is 10.7. The van der Waals surface area contributed by atoms with Gasteiger partial charge in [0.15, 0.2) is 10.8 Å². The van der Waals surface area contributed by atoms with E-state index in [0.29, 0.717) is 5.82 Å². The predicted molar refractivity (Wildman–Crippen MR) is 68.6 cm³/mol. The first-order valence-electron chi connectivity index (χ1n) is 5.96. The molecule has 4 heterocycles. The van der Waals surface area contributed by atoms with E-state index in [-0.39, 0.29) is 6.10 Å². The van der Waals surface area contributed by atoms with Crippen molar-refractivity contribution in [2.45, 2.75) is 18.9 Å².